The van der Waals surface area contributed by atoms with Crippen molar-refractivity contribution in [3.63, 3.8) is 0 Å². The summed E-state index contributed by atoms with van der Waals surface area (Å²) in [6.07, 6.45) is -2.93. The molecule has 86 valence electrons. The quantitative estimate of drug-likeness (QED) is 0.588. The van der Waals surface area contributed by atoms with Gasteiger partial charge in [0.2, 0.25) is 0 Å². The number of alkyl halides is 2. The molecule has 0 aromatic heterocycles. The molecule has 0 heterocycles. The lowest BCUT2D eigenvalue weighted by atomic mass is 10.1. The van der Waals surface area contributed by atoms with Crippen molar-refractivity contribution in [3.8, 4) is 6.07 Å². The Balaban J connectivity index is 3.60. The topological polar surface area (TPSA) is 57.9 Å². The van der Waals surface area contributed by atoms with Crippen molar-refractivity contribution < 1.29 is 17.2 Å². The minimum atomic E-state index is -4.09. The number of hydrogen-bond acceptors (Lipinski definition) is 3. The van der Waals surface area contributed by atoms with Gasteiger partial charge in [-0.15, -0.1) is 0 Å². The Kier molecular flexibility index (Phi) is 4.09. The molecule has 0 saturated carbocycles. The van der Waals surface area contributed by atoms with E-state index in [4.69, 9.17) is 15.9 Å². The molecule has 1 aromatic carbocycles. The molecule has 0 spiro atoms. The Hall–Kier alpha value is -0.460. The first-order valence-electron chi connectivity index (χ1n) is 3.73. The molecule has 0 radical (unpaired) electrons. The zero-order valence-electron chi connectivity index (χ0n) is 7.42. The highest BCUT2D eigenvalue weighted by Gasteiger charge is 2.21. The molecule has 0 bridgehead atoms. The maximum Gasteiger partial charge on any atom is 0.265 e. The number of nitriles is 1. The van der Waals surface area contributed by atoms with E-state index in [9.17, 15) is 17.2 Å². The van der Waals surface area contributed by atoms with E-state index in [-0.39, 0.29) is 9.13 Å². The first-order valence-corrected chi connectivity index (χ1v) is 7.12. The molecule has 0 amide bonds. The van der Waals surface area contributed by atoms with E-state index in [1.807, 2.05) is 0 Å². The van der Waals surface area contributed by atoms with Gasteiger partial charge in [-0.25, -0.2) is 17.2 Å². The molecule has 0 unspecified atom stereocenters. The molecular formula is C8H3ClF2INO2S. The molecule has 0 atom stereocenters. The monoisotopic (exact) mass is 377 g/mol. The van der Waals surface area contributed by atoms with Crippen LogP contribution < -0.4 is 0 Å². The first-order chi connectivity index (χ1) is 7.27. The highest BCUT2D eigenvalue weighted by molar-refractivity contribution is 14.1. The van der Waals surface area contributed by atoms with Gasteiger partial charge in [-0.3, -0.25) is 0 Å². The second-order valence-electron chi connectivity index (χ2n) is 2.72. The first kappa shape index (κ1) is 13.6. The van der Waals surface area contributed by atoms with Gasteiger partial charge in [-0.2, -0.15) is 5.26 Å². The molecule has 0 aliphatic carbocycles. The van der Waals surface area contributed by atoms with Crippen LogP contribution in [-0.2, 0) is 9.05 Å². The van der Waals surface area contributed by atoms with E-state index in [1.165, 1.54) is 0 Å². The van der Waals surface area contributed by atoms with Crippen molar-refractivity contribution in [2.45, 2.75) is 11.3 Å². The van der Waals surface area contributed by atoms with E-state index >= 15 is 0 Å². The van der Waals surface area contributed by atoms with Crippen LogP contribution >= 0.6 is 33.3 Å². The van der Waals surface area contributed by atoms with Crippen molar-refractivity contribution in [1.29, 1.82) is 5.26 Å². The normalized spacial score (nSPS) is 11.5. The SMILES string of the molecule is N#Cc1cc(I)c(S(=O)(=O)Cl)cc1C(F)F. The van der Waals surface area contributed by atoms with Crippen LogP contribution in [0.1, 0.15) is 17.6 Å². The molecule has 3 nitrogen and oxygen atoms in total. The maximum absolute atomic E-state index is 12.5. The molecular weight excluding hydrogens is 375 g/mol. The van der Waals surface area contributed by atoms with E-state index in [0.717, 1.165) is 12.1 Å². The average molecular weight is 378 g/mol. The molecule has 0 aliphatic rings. The lowest BCUT2D eigenvalue weighted by Gasteiger charge is -2.06. The van der Waals surface area contributed by atoms with E-state index < -0.39 is 25.9 Å². The van der Waals surface area contributed by atoms with Crippen LogP contribution in [0.25, 0.3) is 0 Å². The summed E-state index contributed by atoms with van der Waals surface area (Å²) < 4.78 is 47.3. The van der Waals surface area contributed by atoms with Gasteiger partial charge in [0.05, 0.1) is 16.5 Å². The molecule has 0 aliphatic heterocycles. The van der Waals surface area contributed by atoms with E-state index in [0.29, 0.717) is 0 Å². The summed E-state index contributed by atoms with van der Waals surface area (Å²) in [7, 11) is 0.983. The van der Waals surface area contributed by atoms with Crippen LogP contribution in [0.3, 0.4) is 0 Å². The average Bonchev–Trinajstić information content (AvgIpc) is 2.14. The van der Waals surface area contributed by atoms with Gasteiger partial charge in [0, 0.05) is 19.8 Å². The van der Waals surface area contributed by atoms with Gasteiger partial charge in [0.1, 0.15) is 0 Å². The van der Waals surface area contributed by atoms with Gasteiger partial charge in [-0.1, -0.05) is 0 Å². The van der Waals surface area contributed by atoms with Gasteiger partial charge in [0.15, 0.2) is 0 Å². The highest BCUT2D eigenvalue weighted by Crippen LogP contribution is 2.30. The number of halogens is 4. The summed E-state index contributed by atoms with van der Waals surface area (Å²) in [6.45, 7) is 0. The van der Waals surface area contributed by atoms with E-state index in [2.05, 4.69) is 0 Å². The minimum Gasteiger partial charge on any atom is -0.207 e. The van der Waals surface area contributed by atoms with Crippen LogP contribution in [0, 0.1) is 14.9 Å². The number of hydrogen-bond donors (Lipinski definition) is 0. The fraction of sp³-hybridized carbons (Fsp3) is 0.125. The van der Waals surface area contributed by atoms with Gasteiger partial charge in [0.25, 0.3) is 15.5 Å². The lowest BCUT2D eigenvalue weighted by molar-refractivity contribution is 0.151. The highest BCUT2D eigenvalue weighted by atomic mass is 127. The van der Waals surface area contributed by atoms with Crippen molar-refractivity contribution in [2.75, 3.05) is 0 Å². The molecule has 1 rings (SSSR count). The van der Waals surface area contributed by atoms with Crippen molar-refractivity contribution in [2.24, 2.45) is 0 Å². The Morgan fingerprint density at radius 3 is 2.38 bits per heavy atom. The van der Waals surface area contributed by atoms with Crippen LogP contribution in [0.15, 0.2) is 17.0 Å². The van der Waals surface area contributed by atoms with Gasteiger partial charge < -0.3 is 0 Å². The molecule has 8 heteroatoms. The summed E-state index contributed by atoms with van der Waals surface area (Å²) in [6, 6.07) is 3.37. The zero-order valence-corrected chi connectivity index (χ0v) is 11.1. The summed E-state index contributed by atoms with van der Waals surface area (Å²) in [4.78, 5) is -0.413. The van der Waals surface area contributed by atoms with Crippen molar-refractivity contribution in [1.82, 2.24) is 0 Å². The second-order valence-corrected chi connectivity index (χ2v) is 6.42. The summed E-state index contributed by atoms with van der Waals surface area (Å²) in [5.41, 5.74) is -0.898. The number of nitrogens with zero attached hydrogens (tertiary/aromatic N) is 1. The van der Waals surface area contributed by atoms with E-state index in [1.54, 1.807) is 28.7 Å². The van der Waals surface area contributed by atoms with Gasteiger partial charge in [-0.05, 0) is 34.7 Å². The fourth-order valence-corrected chi connectivity index (χ4v) is 3.70. The Morgan fingerprint density at radius 1 is 1.44 bits per heavy atom. The third-order valence-corrected chi connectivity index (χ3v) is 4.34. The summed E-state index contributed by atoms with van der Waals surface area (Å²) >= 11 is 1.62. The Bertz CT molecular complexity index is 568. The van der Waals surface area contributed by atoms with Crippen LogP contribution in [0.4, 0.5) is 8.78 Å². The Labute approximate surface area is 109 Å². The fourth-order valence-electron chi connectivity index (χ4n) is 1.03. The van der Waals surface area contributed by atoms with Crippen LogP contribution in [-0.4, -0.2) is 8.42 Å². The molecule has 1 aromatic rings. The standard InChI is InChI=1S/C8H3ClF2INO2S/c9-16(14,15)7-2-5(8(10)11)4(3-13)1-6(7)12/h1-2,8H. The predicted octanol–water partition coefficient (Wildman–Crippen LogP) is 3.03. The number of rotatable bonds is 2. The smallest absolute Gasteiger partial charge is 0.207 e. The minimum absolute atomic E-state index is 0.133. The third kappa shape index (κ3) is 2.81. The molecule has 0 fully saturated rings. The van der Waals surface area contributed by atoms with Gasteiger partial charge >= 0.3 is 0 Å². The molecule has 0 saturated heterocycles. The summed E-state index contributed by atoms with van der Waals surface area (Å²) in [5, 5.41) is 8.62. The molecule has 0 N–H and O–H groups in total. The van der Waals surface area contributed by atoms with Crippen molar-refractivity contribution >= 4 is 42.3 Å². The van der Waals surface area contributed by atoms with Crippen molar-refractivity contribution in [3.05, 3.63) is 26.8 Å². The predicted molar refractivity (Wildman–Crippen MR) is 61.9 cm³/mol. The van der Waals surface area contributed by atoms with Crippen LogP contribution in [0.2, 0.25) is 0 Å². The third-order valence-electron chi connectivity index (χ3n) is 1.72. The zero-order chi connectivity index (χ0) is 12.5. The molecule has 16 heavy (non-hydrogen) atoms. The van der Waals surface area contributed by atoms with Crippen LogP contribution in [0.5, 0.6) is 0 Å². The Morgan fingerprint density at radius 2 is 2.00 bits per heavy atom. The summed E-state index contributed by atoms with van der Waals surface area (Å²) in [5.74, 6) is 0. The lowest BCUT2D eigenvalue weighted by Crippen LogP contribution is -2.00. The number of benzene rings is 1. The second kappa shape index (κ2) is 4.81. The largest absolute Gasteiger partial charge is 0.265 e. The maximum atomic E-state index is 12.5.